The molecule has 0 aromatic heterocycles. The van der Waals surface area contributed by atoms with Crippen molar-refractivity contribution in [3.05, 3.63) is 0 Å². The van der Waals surface area contributed by atoms with Crippen molar-refractivity contribution in [2.75, 3.05) is 0 Å². The van der Waals surface area contributed by atoms with Crippen LogP contribution in [0.4, 0.5) is 0 Å². The Morgan fingerprint density at radius 2 is 1.50 bits per heavy atom. The molecular formula is Na2O2PS+. The van der Waals surface area contributed by atoms with Crippen LogP contribution in [-0.2, 0) is 16.8 Å². The maximum atomic E-state index is 8.85. The molecule has 0 bridgehead atoms. The monoisotopic (exact) mass is 141 g/mol. The minimum absolute atomic E-state index is 0. The zero-order chi connectivity index (χ0) is 3.58. The quantitative estimate of drug-likeness (QED) is 0.191. The fraction of sp³-hybridized carbons (Fsp3) is 0. The first-order valence-electron chi connectivity index (χ1n) is 0.548. The molecule has 0 rings (SSSR count). The molecule has 6 heavy (non-hydrogen) atoms. The molecule has 0 heterocycles. The van der Waals surface area contributed by atoms with Crippen LogP contribution in [0.2, 0.25) is 0 Å². The second kappa shape index (κ2) is 10.4. The Balaban J connectivity index is -0.0000000450. The number of hydrogen-bond donors (Lipinski definition) is 0. The molecule has 0 aliphatic heterocycles. The first-order chi connectivity index (χ1) is 1.73. The molecule has 0 saturated carbocycles. The van der Waals surface area contributed by atoms with Gasteiger partial charge in [0.05, 0.1) is 0 Å². The molecule has 0 aromatic carbocycles. The predicted octanol–water partition coefficient (Wildman–Crippen LogP) is -6.44. The van der Waals surface area contributed by atoms with E-state index in [1.165, 1.54) is 0 Å². The Bertz CT molecular complexity index is 34.5. The van der Waals surface area contributed by atoms with Crippen LogP contribution in [0.15, 0.2) is 0 Å². The summed E-state index contributed by atoms with van der Waals surface area (Å²) in [7, 11) is -2.54. The molecule has 2 nitrogen and oxygen atoms in total. The van der Waals surface area contributed by atoms with E-state index in [0.717, 1.165) is 0 Å². The Labute approximate surface area is 86.7 Å². The largest absolute Gasteiger partial charge is 1.00 e. The Morgan fingerprint density at radius 1 is 1.50 bits per heavy atom. The van der Waals surface area contributed by atoms with E-state index in [0.29, 0.717) is 0 Å². The van der Waals surface area contributed by atoms with Gasteiger partial charge in [0.2, 0.25) is 0 Å². The van der Waals surface area contributed by atoms with Crippen molar-refractivity contribution < 1.29 is 68.6 Å². The smallest absolute Gasteiger partial charge is 0.614 e. The zero-order valence-electron chi connectivity index (χ0n) is 3.67. The first kappa shape index (κ1) is 15.8. The first-order valence-corrected chi connectivity index (χ1v) is 2.74. The van der Waals surface area contributed by atoms with E-state index in [1.807, 2.05) is 0 Å². The van der Waals surface area contributed by atoms with Gasteiger partial charge in [-0.15, -0.1) is 4.57 Å². The van der Waals surface area contributed by atoms with Crippen molar-refractivity contribution in [3.8, 4) is 0 Å². The third kappa shape index (κ3) is 32.3. The van der Waals surface area contributed by atoms with Crippen LogP contribution < -0.4 is 64.0 Å². The minimum atomic E-state index is -2.54. The third-order valence-corrected chi connectivity index (χ3v) is 0. The van der Waals surface area contributed by atoms with E-state index in [2.05, 4.69) is 12.2 Å². The molecule has 0 fully saturated rings. The molecular weight excluding hydrogens is 141 g/mol. The van der Waals surface area contributed by atoms with Crippen molar-refractivity contribution >= 4 is 19.5 Å². The zero-order valence-corrected chi connectivity index (χ0v) is 9.38. The molecule has 1 atom stereocenters. The fourth-order valence-electron chi connectivity index (χ4n) is 0. The van der Waals surface area contributed by atoms with Gasteiger partial charge in [0.25, 0.3) is 0 Å². The summed E-state index contributed by atoms with van der Waals surface area (Å²) in [6.07, 6.45) is 0. The Morgan fingerprint density at radius 3 is 1.50 bits per heavy atom. The minimum Gasteiger partial charge on any atom is -0.614 e. The maximum Gasteiger partial charge on any atom is 1.00 e. The summed E-state index contributed by atoms with van der Waals surface area (Å²) < 4.78 is 8.85. The van der Waals surface area contributed by atoms with E-state index in [-0.39, 0.29) is 59.1 Å². The van der Waals surface area contributed by atoms with Gasteiger partial charge in [0, 0.05) is 0 Å². The van der Waals surface area contributed by atoms with E-state index in [4.69, 9.17) is 9.46 Å². The summed E-state index contributed by atoms with van der Waals surface area (Å²) in [5.41, 5.74) is 0. The van der Waals surface area contributed by atoms with Crippen molar-refractivity contribution in [3.63, 3.8) is 0 Å². The van der Waals surface area contributed by atoms with Crippen LogP contribution >= 0.6 is 7.23 Å². The third-order valence-electron chi connectivity index (χ3n) is 0. The van der Waals surface area contributed by atoms with Crippen LogP contribution in [0.5, 0.6) is 0 Å². The second-order valence-corrected chi connectivity index (χ2v) is 1.57. The average Bonchev–Trinajstić information content (AvgIpc) is 0.811. The van der Waals surface area contributed by atoms with Gasteiger partial charge in [-0.25, -0.2) is 0 Å². The summed E-state index contributed by atoms with van der Waals surface area (Å²) in [6, 6.07) is 0. The van der Waals surface area contributed by atoms with E-state index in [9.17, 15) is 0 Å². The van der Waals surface area contributed by atoms with Crippen molar-refractivity contribution in [2.24, 2.45) is 0 Å². The van der Waals surface area contributed by atoms with Gasteiger partial charge in [-0.1, -0.05) is 0 Å². The van der Waals surface area contributed by atoms with Crippen molar-refractivity contribution in [1.29, 1.82) is 0 Å². The normalized spacial score (nSPS) is 7.33. The Kier molecular flexibility index (Phi) is 27.4. The average molecular weight is 141 g/mol. The van der Waals surface area contributed by atoms with Crippen molar-refractivity contribution in [2.45, 2.75) is 0 Å². The maximum absolute atomic E-state index is 8.85. The van der Waals surface area contributed by atoms with Crippen LogP contribution in [0.1, 0.15) is 0 Å². The molecule has 0 saturated heterocycles. The molecule has 0 aliphatic carbocycles. The molecule has 0 aromatic rings. The molecule has 6 heteroatoms. The second-order valence-electron chi connectivity index (χ2n) is 0.224. The fourth-order valence-corrected chi connectivity index (χ4v) is 0. The summed E-state index contributed by atoms with van der Waals surface area (Å²) in [6.45, 7) is 0. The standard InChI is InChI=1S/2Na.HO2PS/c;;1-3(2)4/h;;(H,1,2,4)/q2*+1;/p-1. The SMILES string of the molecule is O=[P+]([O-])[S-].[Na+].[Na+]. The van der Waals surface area contributed by atoms with Gasteiger partial charge in [0.1, 0.15) is 0 Å². The predicted molar refractivity (Wildman–Crippen MR) is 15.0 cm³/mol. The van der Waals surface area contributed by atoms with Gasteiger partial charge in [0.15, 0.2) is 7.23 Å². The Hall–Kier alpha value is 2.41. The molecule has 0 radical (unpaired) electrons. The van der Waals surface area contributed by atoms with E-state index in [1.54, 1.807) is 0 Å². The summed E-state index contributed by atoms with van der Waals surface area (Å²) in [4.78, 5) is 8.85. The van der Waals surface area contributed by atoms with Crippen LogP contribution in [-0.4, -0.2) is 0 Å². The van der Waals surface area contributed by atoms with E-state index < -0.39 is 7.23 Å². The molecule has 0 amide bonds. The van der Waals surface area contributed by atoms with Crippen LogP contribution in [0, 0.1) is 0 Å². The van der Waals surface area contributed by atoms with E-state index >= 15 is 0 Å². The van der Waals surface area contributed by atoms with Crippen LogP contribution in [0.25, 0.3) is 0 Å². The molecule has 0 N–H and O–H groups in total. The molecule has 0 aliphatic rings. The van der Waals surface area contributed by atoms with Gasteiger partial charge < -0.3 is 17.1 Å². The van der Waals surface area contributed by atoms with Gasteiger partial charge in [-0.3, -0.25) is 0 Å². The van der Waals surface area contributed by atoms with Gasteiger partial charge in [-0.2, -0.15) is 0 Å². The summed E-state index contributed by atoms with van der Waals surface area (Å²) in [5, 5.41) is 0. The van der Waals surface area contributed by atoms with Crippen molar-refractivity contribution in [1.82, 2.24) is 0 Å². The molecule has 0 spiro atoms. The summed E-state index contributed by atoms with van der Waals surface area (Å²) >= 11 is 3.57. The number of hydrogen-bond acceptors (Lipinski definition) is 3. The number of rotatable bonds is 0. The molecule has 24 valence electrons. The molecule has 1 unspecified atom stereocenters. The van der Waals surface area contributed by atoms with Crippen LogP contribution in [0.3, 0.4) is 0 Å². The van der Waals surface area contributed by atoms with Gasteiger partial charge in [-0.05, 0) is 0 Å². The summed E-state index contributed by atoms with van der Waals surface area (Å²) in [5.74, 6) is 0. The van der Waals surface area contributed by atoms with Gasteiger partial charge >= 0.3 is 59.1 Å². The topological polar surface area (TPSA) is 40.1 Å².